The van der Waals surface area contributed by atoms with Gasteiger partial charge in [0, 0.05) is 23.1 Å². The fraction of sp³-hybridized carbons (Fsp3) is 0.222. The molecule has 0 aliphatic carbocycles. The van der Waals surface area contributed by atoms with Crippen LogP contribution >= 0.6 is 0 Å². The quantitative estimate of drug-likeness (QED) is 0.377. The number of aryl methyl sites for hydroxylation is 3. The summed E-state index contributed by atoms with van der Waals surface area (Å²) < 4.78 is 1.88. The second-order valence-electron chi connectivity index (χ2n) is 8.51. The minimum atomic E-state index is -0.134. The molecule has 0 fully saturated rings. The van der Waals surface area contributed by atoms with Gasteiger partial charge in [0.2, 0.25) is 0 Å². The Morgan fingerprint density at radius 1 is 0.879 bits per heavy atom. The van der Waals surface area contributed by atoms with Gasteiger partial charge in [-0.05, 0) is 65.9 Å². The minimum Gasteiger partial charge on any atom is -0.358 e. The summed E-state index contributed by atoms with van der Waals surface area (Å²) in [6, 6.07) is 25.0. The van der Waals surface area contributed by atoms with Crippen molar-refractivity contribution in [3.63, 3.8) is 0 Å². The highest BCUT2D eigenvalue weighted by Crippen LogP contribution is 2.26. The first-order valence-corrected chi connectivity index (χ1v) is 11.3. The molecule has 0 radical (unpaired) electrons. The van der Waals surface area contributed by atoms with E-state index in [9.17, 15) is 0 Å². The number of rotatable bonds is 7. The molecule has 0 amide bonds. The first-order chi connectivity index (χ1) is 16.1. The average molecular weight is 437 g/mol. The van der Waals surface area contributed by atoms with Crippen molar-refractivity contribution in [2.45, 2.75) is 33.2 Å². The van der Waals surface area contributed by atoms with Gasteiger partial charge in [-0.1, -0.05) is 66.7 Å². The molecule has 3 aromatic carbocycles. The lowest BCUT2D eigenvalue weighted by Gasteiger charge is -2.20. The van der Waals surface area contributed by atoms with E-state index in [1.165, 1.54) is 22.2 Å². The van der Waals surface area contributed by atoms with Crippen LogP contribution in [0.4, 0.5) is 0 Å². The fourth-order valence-electron chi connectivity index (χ4n) is 4.68. The number of aromatic amines is 1. The van der Waals surface area contributed by atoms with Gasteiger partial charge in [0.25, 0.3) is 0 Å². The highest BCUT2D eigenvalue weighted by Gasteiger charge is 2.23. The van der Waals surface area contributed by atoms with Crippen LogP contribution in [0.3, 0.4) is 0 Å². The van der Waals surface area contributed by atoms with Crippen molar-refractivity contribution in [2.75, 3.05) is 6.54 Å². The van der Waals surface area contributed by atoms with Crippen molar-refractivity contribution in [3.05, 3.63) is 107 Å². The Kier molecular flexibility index (Phi) is 5.75. The zero-order valence-electron chi connectivity index (χ0n) is 19.2. The maximum Gasteiger partial charge on any atom is 0.178 e. The zero-order valence-corrected chi connectivity index (χ0v) is 19.2. The summed E-state index contributed by atoms with van der Waals surface area (Å²) >= 11 is 0. The Hall–Kier alpha value is -3.77. The van der Waals surface area contributed by atoms with Crippen molar-refractivity contribution >= 4 is 10.9 Å². The van der Waals surface area contributed by atoms with Crippen LogP contribution in [0.25, 0.3) is 16.6 Å². The summed E-state index contributed by atoms with van der Waals surface area (Å²) in [6.45, 7) is 7.13. The molecule has 0 saturated heterocycles. The second kappa shape index (κ2) is 9.00. The Bertz CT molecular complexity index is 1360. The van der Waals surface area contributed by atoms with E-state index in [1.807, 2.05) is 10.7 Å². The topological polar surface area (TPSA) is 71.4 Å². The second-order valence-corrected chi connectivity index (χ2v) is 8.51. The number of H-pyrrole nitrogens is 1. The van der Waals surface area contributed by atoms with Crippen LogP contribution in [-0.2, 0) is 6.42 Å². The fourth-order valence-corrected chi connectivity index (χ4v) is 4.68. The van der Waals surface area contributed by atoms with Crippen LogP contribution < -0.4 is 5.32 Å². The van der Waals surface area contributed by atoms with Crippen LogP contribution in [-0.4, -0.2) is 31.7 Å². The smallest absolute Gasteiger partial charge is 0.178 e. The predicted molar refractivity (Wildman–Crippen MR) is 132 cm³/mol. The number of benzene rings is 3. The number of hydrogen-bond donors (Lipinski definition) is 2. The Labute approximate surface area is 193 Å². The molecule has 5 rings (SSSR count). The molecule has 0 spiro atoms. The molecule has 2 heterocycles. The van der Waals surface area contributed by atoms with Crippen LogP contribution in [0.5, 0.6) is 0 Å². The Morgan fingerprint density at radius 2 is 1.61 bits per heavy atom. The number of aromatic nitrogens is 5. The summed E-state index contributed by atoms with van der Waals surface area (Å²) in [5.74, 6) is 0.786. The molecule has 5 aromatic rings. The van der Waals surface area contributed by atoms with Gasteiger partial charge in [0.1, 0.15) is 0 Å². The third kappa shape index (κ3) is 4.05. The first kappa shape index (κ1) is 21.1. The largest absolute Gasteiger partial charge is 0.358 e. The molecule has 1 unspecified atom stereocenters. The Morgan fingerprint density at radius 3 is 2.39 bits per heavy atom. The van der Waals surface area contributed by atoms with Crippen molar-refractivity contribution in [2.24, 2.45) is 0 Å². The average Bonchev–Trinajstić information content (AvgIpc) is 3.41. The molecule has 33 heavy (non-hydrogen) atoms. The summed E-state index contributed by atoms with van der Waals surface area (Å²) in [7, 11) is 0. The molecule has 0 bridgehead atoms. The molecule has 166 valence electrons. The molecule has 2 aromatic heterocycles. The lowest BCUT2D eigenvalue weighted by atomic mass is 10.0. The van der Waals surface area contributed by atoms with Crippen LogP contribution in [0.2, 0.25) is 0 Å². The van der Waals surface area contributed by atoms with Crippen molar-refractivity contribution in [1.82, 2.24) is 30.5 Å². The van der Waals surface area contributed by atoms with Crippen molar-refractivity contribution in [1.29, 1.82) is 0 Å². The molecular weight excluding hydrogens is 408 g/mol. The third-order valence-corrected chi connectivity index (χ3v) is 6.29. The van der Waals surface area contributed by atoms with Gasteiger partial charge >= 0.3 is 0 Å². The van der Waals surface area contributed by atoms with Crippen LogP contribution in [0, 0.1) is 20.8 Å². The first-order valence-electron chi connectivity index (χ1n) is 11.3. The third-order valence-electron chi connectivity index (χ3n) is 6.29. The van der Waals surface area contributed by atoms with Crippen LogP contribution in [0.1, 0.15) is 39.8 Å². The summed E-state index contributed by atoms with van der Waals surface area (Å²) in [5, 5.41) is 17.9. The number of fused-ring (bicyclic) bond motifs is 1. The molecule has 0 aliphatic rings. The number of nitrogens with zero attached hydrogens (tertiary/aromatic N) is 4. The highest BCUT2D eigenvalue weighted by atomic mass is 15.5. The van der Waals surface area contributed by atoms with Gasteiger partial charge in [0.15, 0.2) is 5.82 Å². The molecule has 2 N–H and O–H groups in total. The van der Waals surface area contributed by atoms with E-state index in [2.05, 4.69) is 113 Å². The molecule has 0 saturated carbocycles. The van der Waals surface area contributed by atoms with E-state index < -0.39 is 0 Å². The summed E-state index contributed by atoms with van der Waals surface area (Å²) in [5.41, 5.74) is 8.20. The van der Waals surface area contributed by atoms with E-state index in [-0.39, 0.29) is 6.04 Å². The van der Waals surface area contributed by atoms with Gasteiger partial charge in [0.05, 0.1) is 11.7 Å². The van der Waals surface area contributed by atoms with E-state index in [1.54, 1.807) is 0 Å². The van der Waals surface area contributed by atoms with Gasteiger partial charge in [-0.3, -0.25) is 0 Å². The number of tetrazole rings is 1. The maximum atomic E-state index is 4.47. The Balaban J connectivity index is 1.48. The minimum absolute atomic E-state index is 0.134. The summed E-state index contributed by atoms with van der Waals surface area (Å²) in [6.07, 6.45) is 0.907. The molecular formula is C27H28N6. The van der Waals surface area contributed by atoms with E-state index in [0.717, 1.165) is 41.2 Å². The monoisotopic (exact) mass is 436 g/mol. The lowest BCUT2D eigenvalue weighted by Crippen LogP contribution is -2.28. The van der Waals surface area contributed by atoms with Crippen molar-refractivity contribution in [3.8, 4) is 5.69 Å². The van der Waals surface area contributed by atoms with Crippen molar-refractivity contribution < 1.29 is 0 Å². The normalized spacial score (nSPS) is 12.3. The number of hydrogen-bond acceptors (Lipinski definition) is 4. The maximum absolute atomic E-state index is 4.47. The molecule has 0 aliphatic heterocycles. The number of para-hydroxylation sites is 2. The summed E-state index contributed by atoms with van der Waals surface area (Å²) in [4.78, 5) is 3.50. The van der Waals surface area contributed by atoms with Gasteiger partial charge in [-0.25, -0.2) is 0 Å². The van der Waals surface area contributed by atoms with E-state index in [4.69, 9.17) is 0 Å². The van der Waals surface area contributed by atoms with Gasteiger partial charge < -0.3 is 10.3 Å². The van der Waals surface area contributed by atoms with Gasteiger partial charge in [-0.2, -0.15) is 4.68 Å². The van der Waals surface area contributed by atoms with Crippen LogP contribution in [0.15, 0.2) is 72.8 Å². The zero-order chi connectivity index (χ0) is 22.8. The van der Waals surface area contributed by atoms with E-state index >= 15 is 0 Å². The predicted octanol–water partition coefficient (Wildman–Crippen LogP) is 4.99. The number of nitrogens with one attached hydrogen (secondary N) is 2. The molecule has 6 nitrogen and oxygen atoms in total. The van der Waals surface area contributed by atoms with Gasteiger partial charge in [-0.15, -0.1) is 5.10 Å². The molecule has 6 heteroatoms. The van der Waals surface area contributed by atoms with E-state index in [0.29, 0.717) is 0 Å². The molecule has 1 atom stereocenters. The lowest BCUT2D eigenvalue weighted by molar-refractivity contribution is 0.562. The highest BCUT2D eigenvalue weighted by molar-refractivity contribution is 5.84. The SMILES string of the molecule is Cc1cccc(C)c1-n1nnnc1C(NCCc1c(C)[nH]c2ccccc12)c1ccccc1. The standard InChI is InChI=1S/C27H28N6/c1-18-10-9-11-19(2)26(18)33-27(30-31-32-33)25(21-12-5-4-6-13-21)28-17-16-22-20(3)29-24-15-8-7-14-23(22)24/h4-15,25,28-29H,16-17H2,1-3H3.